The van der Waals surface area contributed by atoms with Gasteiger partial charge < -0.3 is 5.32 Å². The molecule has 3 aromatic carbocycles. The minimum absolute atomic E-state index is 0.161. The van der Waals surface area contributed by atoms with Crippen molar-refractivity contribution in [3.05, 3.63) is 95.6 Å². The Morgan fingerprint density at radius 3 is 2.14 bits per heavy atom. The molecule has 0 saturated carbocycles. The van der Waals surface area contributed by atoms with Crippen LogP contribution in [-0.2, 0) is 16.4 Å². The maximum absolute atomic E-state index is 12.8. The SMILES string of the molecule is CC(C)NS(=O)(=O)c1ccc(NC(=O)c2ccccc2Cc2ccccc2)cc1. The summed E-state index contributed by atoms with van der Waals surface area (Å²) in [7, 11) is -3.56. The highest BCUT2D eigenvalue weighted by Crippen LogP contribution is 2.18. The van der Waals surface area contributed by atoms with Gasteiger partial charge in [-0.05, 0) is 61.7 Å². The smallest absolute Gasteiger partial charge is 0.255 e. The fraction of sp³-hybridized carbons (Fsp3) is 0.174. The summed E-state index contributed by atoms with van der Waals surface area (Å²) in [6.45, 7) is 3.53. The first kappa shape index (κ1) is 20.8. The summed E-state index contributed by atoms with van der Waals surface area (Å²) in [4.78, 5) is 13.0. The molecular formula is C23H24N2O3S. The maximum atomic E-state index is 12.8. The Morgan fingerprint density at radius 1 is 0.862 bits per heavy atom. The Balaban J connectivity index is 1.76. The summed E-state index contributed by atoms with van der Waals surface area (Å²) in [5.74, 6) is -0.229. The Labute approximate surface area is 171 Å². The zero-order valence-electron chi connectivity index (χ0n) is 16.4. The molecule has 0 aliphatic rings. The van der Waals surface area contributed by atoms with Crippen LogP contribution in [0.3, 0.4) is 0 Å². The van der Waals surface area contributed by atoms with Crippen LogP contribution in [-0.4, -0.2) is 20.4 Å². The van der Waals surface area contributed by atoms with Gasteiger partial charge in [-0.1, -0.05) is 48.5 Å². The molecular weight excluding hydrogens is 384 g/mol. The molecule has 0 fully saturated rings. The molecule has 0 heterocycles. The van der Waals surface area contributed by atoms with Crippen molar-refractivity contribution >= 4 is 21.6 Å². The molecule has 6 heteroatoms. The van der Waals surface area contributed by atoms with Crippen LogP contribution >= 0.6 is 0 Å². The van der Waals surface area contributed by atoms with Crippen LogP contribution in [0.5, 0.6) is 0 Å². The quantitative estimate of drug-likeness (QED) is 0.615. The van der Waals surface area contributed by atoms with Gasteiger partial charge in [0.1, 0.15) is 0 Å². The van der Waals surface area contributed by atoms with Gasteiger partial charge in [-0.2, -0.15) is 0 Å². The molecule has 0 aliphatic heterocycles. The lowest BCUT2D eigenvalue weighted by atomic mass is 9.99. The first-order valence-corrected chi connectivity index (χ1v) is 10.9. The van der Waals surface area contributed by atoms with E-state index < -0.39 is 10.0 Å². The van der Waals surface area contributed by atoms with Crippen molar-refractivity contribution in [1.82, 2.24) is 4.72 Å². The molecule has 0 aliphatic carbocycles. The van der Waals surface area contributed by atoms with Crippen molar-refractivity contribution in [1.29, 1.82) is 0 Å². The number of sulfonamides is 1. The number of rotatable bonds is 7. The standard InChI is InChI=1S/C23H24N2O3S/c1-17(2)25-29(27,28)21-14-12-20(13-15-21)24-23(26)22-11-7-6-10-19(22)16-18-8-4-3-5-9-18/h3-15,17,25H,16H2,1-2H3,(H,24,26). The topological polar surface area (TPSA) is 75.3 Å². The van der Waals surface area contributed by atoms with Gasteiger partial charge in [0.2, 0.25) is 10.0 Å². The van der Waals surface area contributed by atoms with Gasteiger partial charge >= 0.3 is 0 Å². The van der Waals surface area contributed by atoms with E-state index in [1.54, 1.807) is 32.0 Å². The number of hydrogen-bond acceptors (Lipinski definition) is 3. The van der Waals surface area contributed by atoms with Gasteiger partial charge in [0.05, 0.1) is 4.90 Å². The summed E-state index contributed by atoms with van der Waals surface area (Å²) >= 11 is 0. The second-order valence-corrected chi connectivity index (χ2v) is 8.79. The highest BCUT2D eigenvalue weighted by Gasteiger charge is 2.16. The lowest BCUT2D eigenvalue weighted by molar-refractivity contribution is 0.102. The van der Waals surface area contributed by atoms with E-state index in [-0.39, 0.29) is 16.8 Å². The van der Waals surface area contributed by atoms with Crippen LogP contribution in [0.4, 0.5) is 5.69 Å². The minimum Gasteiger partial charge on any atom is -0.322 e. The molecule has 150 valence electrons. The van der Waals surface area contributed by atoms with Crippen LogP contribution in [0.2, 0.25) is 0 Å². The Kier molecular flexibility index (Phi) is 6.46. The number of anilines is 1. The number of carbonyl (C=O) groups excluding carboxylic acids is 1. The Bertz CT molecular complexity index is 1080. The van der Waals surface area contributed by atoms with Gasteiger partial charge in [-0.25, -0.2) is 13.1 Å². The molecule has 3 rings (SSSR count). The highest BCUT2D eigenvalue weighted by molar-refractivity contribution is 7.89. The summed E-state index contributed by atoms with van der Waals surface area (Å²) in [6.07, 6.45) is 0.655. The lowest BCUT2D eigenvalue weighted by Crippen LogP contribution is -2.30. The second-order valence-electron chi connectivity index (χ2n) is 7.07. The van der Waals surface area contributed by atoms with Crippen LogP contribution in [0.25, 0.3) is 0 Å². The zero-order chi connectivity index (χ0) is 20.9. The average Bonchev–Trinajstić information content (AvgIpc) is 2.68. The van der Waals surface area contributed by atoms with E-state index in [9.17, 15) is 13.2 Å². The summed E-state index contributed by atoms with van der Waals surface area (Å²) in [5, 5.41) is 2.85. The van der Waals surface area contributed by atoms with Crippen LogP contribution in [0.15, 0.2) is 83.8 Å². The number of benzene rings is 3. The van der Waals surface area contributed by atoms with E-state index in [2.05, 4.69) is 10.0 Å². The zero-order valence-corrected chi connectivity index (χ0v) is 17.2. The van der Waals surface area contributed by atoms with E-state index in [1.165, 1.54) is 12.1 Å². The third-order valence-electron chi connectivity index (χ3n) is 4.31. The fourth-order valence-electron chi connectivity index (χ4n) is 3.01. The van der Waals surface area contributed by atoms with Gasteiger partial charge in [-0.3, -0.25) is 4.79 Å². The fourth-order valence-corrected chi connectivity index (χ4v) is 4.26. The maximum Gasteiger partial charge on any atom is 0.255 e. The summed E-state index contributed by atoms with van der Waals surface area (Å²) in [5.41, 5.74) is 3.18. The average molecular weight is 409 g/mol. The van der Waals surface area contributed by atoms with Crippen LogP contribution in [0.1, 0.15) is 35.3 Å². The largest absolute Gasteiger partial charge is 0.322 e. The van der Waals surface area contributed by atoms with Crippen LogP contribution in [0, 0.1) is 0 Å². The third kappa shape index (κ3) is 5.53. The molecule has 0 saturated heterocycles. The Morgan fingerprint density at radius 2 is 1.48 bits per heavy atom. The number of hydrogen-bond donors (Lipinski definition) is 2. The second kappa shape index (κ2) is 9.03. The lowest BCUT2D eigenvalue weighted by Gasteiger charge is -2.12. The number of nitrogens with one attached hydrogen (secondary N) is 2. The van der Waals surface area contributed by atoms with E-state index in [0.29, 0.717) is 17.7 Å². The summed E-state index contributed by atoms with van der Waals surface area (Å²) in [6, 6.07) is 23.4. The van der Waals surface area contributed by atoms with Crippen molar-refractivity contribution in [3.63, 3.8) is 0 Å². The van der Waals surface area contributed by atoms with Crippen molar-refractivity contribution in [2.45, 2.75) is 31.2 Å². The molecule has 3 aromatic rings. The van der Waals surface area contributed by atoms with Crippen molar-refractivity contribution in [2.24, 2.45) is 0 Å². The van der Waals surface area contributed by atoms with Crippen molar-refractivity contribution < 1.29 is 13.2 Å². The normalized spacial score (nSPS) is 11.4. The molecule has 0 spiro atoms. The minimum atomic E-state index is -3.56. The summed E-state index contributed by atoms with van der Waals surface area (Å²) < 4.78 is 27.0. The Hall–Kier alpha value is -2.96. The monoisotopic (exact) mass is 408 g/mol. The molecule has 0 unspecified atom stereocenters. The molecule has 0 bridgehead atoms. The van der Waals surface area contributed by atoms with Gasteiger partial charge in [0.15, 0.2) is 0 Å². The molecule has 2 N–H and O–H groups in total. The van der Waals surface area contributed by atoms with E-state index in [4.69, 9.17) is 0 Å². The van der Waals surface area contributed by atoms with E-state index in [1.807, 2.05) is 48.5 Å². The predicted octanol–water partition coefficient (Wildman–Crippen LogP) is 4.22. The predicted molar refractivity (Wildman–Crippen MR) is 116 cm³/mol. The third-order valence-corrected chi connectivity index (χ3v) is 5.99. The van der Waals surface area contributed by atoms with Crippen molar-refractivity contribution in [3.8, 4) is 0 Å². The van der Waals surface area contributed by atoms with Crippen LogP contribution < -0.4 is 10.0 Å². The van der Waals surface area contributed by atoms with Crippen molar-refractivity contribution in [2.75, 3.05) is 5.32 Å². The first-order chi connectivity index (χ1) is 13.8. The molecule has 0 radical (unpaired) electrons. The molecule has 0 atom stereocenters. The van der Waals surface area contributed by atoms with Gasteiger partial charge in [0.25, 0.3) is 5.91 Å². The number of carbonyl (C=O) groups is 1. The molecule has 5 nitrogen and oxygen atoms in total. The molecule has 0 aromatic heterocycles. The van der Waals surface area contributed by atoms with E-state index in [0.717, 1.165) is 11.1 Å². The van der Waals surface area contributed by atoms with Gasteiger partial charge in [0, 0.05) is 17.3 Å². The molecule has 29 heavy (non-hydrogen) atoms. The highest BCUT2D eigenvalue weighted by atomic mass is 32.2. The molecule has 1 amide bonds. The first-order valence-electron chi connectivity index (χ1n) is 9.41. The number of amides is 1. The van der Waals surface area contributed by atoms with E-state index >= 15 is 0 Å². The van der Waals surface area contributed by atoms with Gasteiger partial charge in [-0.15, -0.1) is 0 Å².